The maximum atomic E-state index is 11.3. The molecule has 2 rings (SSSR count). The predicted octanol–water partition coefficient (Wildman–Crippen LogP) is 1.95. The van der Waals surface area contributed by atoms with Crippen LogP contribution in [0, 0.1) is 5.92 Å². The molecule has 1 aliphatic rings. The average molecular weight is 282 g/mol. The fraction of sp³-hybridized carbons (Fsp3) is 0.571. The number of rotatable bonds is 3. The van der Waals surface area contributed by atoms with E-state index < -0.39 is 10.0 Å². The van der Waals surface area contributed by atoms with Crippen LogP contribution in [0.5, 0.6) is 0 Å². The molecular weight excluding hydrogens is 260 g/mol. The van der Waals surface area contributed by atoms with E-state index in [9.17, 15) is 8.42 Å². The molecule has 0 radical (unpaired) electrons. The van der Waals surface area contributed by atoms with Gasteiger partial charge < -0.3 is 5.32 Å². The van der Waals surface area contributed by atoms with Crippen molar-refractivity contribution in [3.63, 3.8) is 0 Å². The quantitative estimate of drug-likeness (QED) is 0.891. The molecule has 4 nitrogen and oxygen atoms in total. The summed E-state index contributed by atoms with van der Waals surface area (Å²) in [5.74, 6) is 0.523. The molecule has 0 amide bonds. The molecule has 0 aliphatic carbocycles. The Hall–Kier alpha value is -1.07. The van der Waals surface area contributed by atoms with Gasteiger partial charge in [0.15, 0.2) is 0 Å². The van der Waals surface area contributed by atoms with Crippen LogP contribution < -0.4 is 10.0 Å². The number of sulfonamides is 1. The van der Waals surface area contributed by atoms with Crippen molar-refractivity contribution in [2.45, 2.75) is 25.7 Å². The Labute approximate surface area is 115 Å². The molecule has 2 N–H and O–H groups in total. The van der Waals surface area contributed by atoms with Gasteiger partial charge in [-0.3, -0.25) is 4.72 Å². The van der Waals surface area contributed by atoms with Crippen LogP contribution in [-0.2, 0) is 15.4 Å². The fourth-order valence-electron chi connectivity index (χ4n) is 2.72. The Morgan fingerprint density at radius 3 is 2.79 bits per heavy atom. The summed E-state index contributed by atoms with van der Waals surface area (Å²) >= 11 is 0. The summed E-state index contributed by atoms with van der Waals surface area (Å²) in [6.07, 6.45) is 2.24. The zero-order valence-electron chi connectivity index (χ0n) is 11.7. The van der Waals surface area contributed by atoms with Crippen molar-refractivity contribution < 1.29 is 8.42 Å². The molecular formula is C14H22N2O2S. The van der Waals surface area contributed by atoms with Gasteiger partial charge in [0.1, 0.15) is 0 Å². The van der Waals surface area contributed by atoms with Crippen molar-refractivity contribution in [1.82, 2.24) is 5.32 Å². The number of anilines is 1. The summed E-state index contributed by atoms with van der Waals surface area (Å²) in [7, 11) is -3.22. The first-order valence-electron chi connectivity index (χ1n) is 6.60. The maximum Gasteiger partial charge on any atom is 0.229 e. The standard InChI is InChI=1S/C14H22N2O2S/c1-11-10-15-8-7-14(11,2)12-5-4-6-13(9-12)16-19(3,17)18/h4-6,9,11,15-16H,7-8,10H2,1-3H3. The van der Waals surface area contributed by atoms with Gasteiger partial charge >= 0.3 is 0 Å². The minimum atomic E-state index is -3.22. The highest BCUT2D eigenvalue weighted by molar-refractivity contribution is 7.92. The van der Waals surface area contributed by atoms with Crippen molar-refractivity contribution in [1.29, 1.82) is 0 Å². The fourth-order valence-corrected chi connectivity index (χ4v) is 3.27. The van der Waals surface area contributed by atoms with Crippen molar-refractivity contribution in [3.8, 4) is 0 Å². The Morgan fingerprint density at radius 2 is 2.16 bits per heavy atom. The molecule has 1 fully saturated rings. The normalized spacial score (nSPS) is 28.1. The SMILES string of the molecule is CC1CNCCC1(C)c1cccc(NS(C)(=O)=O)c1. The van der Waals surface area contributed by atoms with Gasteiger partial charge in [-0.2, -0.15) is 0 Å². The van der Waals surface area contributed by atoms with E-state index in [0.717, 1.165) is 19.5 Å². The lowest BCUT2D eigenvalue weighted by atomic mass is 9.68. The number of benzene rings is 1. The van der Waals surface area contributed by atoms with E-state index in [-0.39, 0.29) is 5.41 Å². The molecule has 1 aromatic rings. The van der Waals surface area contributed by atoms with Gasteiger partial charge in [-0.25, -0.2) is 8.42 Å². The first kappa shape index (κ1) is 14.3. The highest BCUT2D eigenvalue weighted by atomic mass is 32.2. The van der Waals surface area contributed by atoms with Crippen LogP contribution in [0.2, 0.25) is 0 Å². The van der Waals surface area contributed by atoms with Gasteiger partial charge in [0, 0.05) is 5.69 Å². The maximum absolute atomic E-state index is 11.3. The number of piperidine rings is 1. The molecule has 2 atom stereocenters. The van der Waals surface area contributed by atoms with Crippen LogP contribution >= 0.6 is 0 Å². The second-order valence-electron chi connectivity index (χ2n) is 5.73. The molecule has 1 heterocycles. The van der Waals surface area contributed by atoms with Gasteiger partial charge in [-0.15, -0.1) is 0 Å². The Kier molecular flexibility index (Phi) is 3.87. The molecule has 1 aromatic carbocycles. The second-order valence-corrected chi connectivity index (χ2v) is 7.48. The zero-order chi connectivity index (χ0) is 14.1. The molecule has 0 spiro atoms. The predicted molar refractivity (Wildman–Crippen MR) is 78.9 cm³/mol. The van der Waals surface area contributed by atoms with Gasteiger partial charge in [0.05, 0.1) is 6.26 Å². The van der Waals surface area contributed by atoms with Gasteiger partial charge in [0.25, 0.3) is 0 Å². The van der Waals surface area contributed by atoms with E-state index in [1.54, 1.807) is 6.07 Å². The minimum Gasteiger partial charge on any atom is -0.316 e. The van der Waals surface area contributed by atoms with Crippen LogP contribution in [0.4, 0.5) is 5.69 Å². The summed E-state index contributed by atoms with van der Waals surface area (Å²) in [6, 6.07) is 7.76. The Balaban J connectivity index is 2.32. The smallest absolute Gasteiger partial charge is 0.229 e. The molecule has 5 heteroatoms. The summed E-state index contributed by atoms with van der Waals surface area (Å²) < 4.78 is 25.2. The lowest BCUT2D eigenvalue weighted by Crippen LogP contribution is -2.44. The molecule has 1 aliphatic heterocycles. The van der Waals surface area contributed by atoms with E-state index in [4.69, 9.17) is 0 Å². The summed E-state index contributed by atoms with van der Waals surface area (Å²) in [5, 5.41) is 3.40. The first-order valence-corrected chi connectivity index (χ1v) is 8.49. The Morgan fingerprint density at radius 1 is 1.42 bits per heavy atom. The summed E-state index contributed by atoms with van der Waals surface area (Å²) in [5.41, 5.74) is 1.95. The zero-order valence-corrected chi connectivity index (χ0v) is 12.5. The van der Waals surface area contributed by atoms with E-state index >= 15 is 0 Å². The molecule has 0 bridgehead atoms. The number of hydrogen-bond donors (Lipinski definition) is 2. The van der Waals surface area contributed by atoms with E-state index in [1.807, 2.05) is 12.1 Å². The van der Waals surface area contributed by atoms with Crippen LogP contribution in [0.3, 0.4) is 0 Å². The molecule has 0 aromatic heterocycles. The van der Waals surface area contributed by atoms with Crippen LogP contribution in [0.1, 0.15) is 25.8 Å². The molecule has 106 valence electrons. The van der Waals surface area contributed by atoms with Gasteiger partial charge in [-0.1, -0.05) is 26.0 Å². The first-order chi connectivity index (χ1) is 8.81. The molecule has 19 heavy (non-hydrogen) atoms. The lowest BCUT2D eigenvalue weighted by molar-refractivity contribution is 0.238. The van der Waals surface area contributed by atoms with Gasteiger partial charge in [-0.05, 0) is 48.5 Å². The summed E-state index contributed by atoms with van der Waals surface area (Å²) in [6.45, 7) is 6.51. The number of nitrogens with one attached hydrogen (secondary N) is 2. The van der Waals surface area contributed by atoms with Crippen molar-refractivity contribution in [3.05, 3.63) is 29.8 Å². The number of hydrogen-bond acceptors (Lipinski definition) is 3. The molecule has 1 saturated heterocycles. The van der Waals surface area contributed by atoms with Crippen molar-refractivity contribution in [2.24, 2.45) is 5.92 Å². The van der Waals surface area contributed by atoms with Crippen LogP contribution in [0.25, 0.3) is 0 Å². The van der Waals surface area contributed by atoms with Gasteiger partial charge in [0.2, 0.25) is 10.0 Å². The third-order valence-corrected chi connectivity index (χ3v) is 4.79. The highest BCUT2D eigenvalue weighted by Crippen LogP contribution is 2.38. The topological polar surface area (TPSA) is 58.2 Å². The third kappa shape index (κ3) is 3.28. The van der Waals surface area contributed by atoms with E-state index in [1.165, 1.54) is 11.8 Å². The molecule has 2 unspecified atom stereocenters. The Bertz CT molecular complexity index is 556. The van der Waals surface area contributed by atoms with E-state index in [0.29, 0.717) is 11.6 Å². The lowest BCUT2D eigenvalue weighted by Gasteiger charge is -2.40. The minimum absolute atomic E-state index is 0.0977. The van der Waals surface area contributed by atoms with Crippen LogP contribution in [-0.4, -0.2) is 27.8 Å². The van der Waals surface area contributed by atoms with E-state index in [2.05, 4.69) is 30.0 Å². The molecule has 0 saturated carbocycles. The van der Waals surface area contributed by atoms with Crippen molar-refractivity contribution >= 4 is 15.7 Å². The van der Waals surface area contributed by atoms with Crippen LogP contribution in [0.15, 0.2) is 24.3 Å². The monoisotopic (exact) mass is 282 g/mol. The van der Waals surface area contributed by atoms with Crippen molar-refractivity contribution in [2.75, 3.05) is 24.1 Å². The summed E-state index contributed by atoms with van der Waals surface area (Å²) in [4.78, 5) is 0. The largest absolute Gasteiger partial charge is 0.316 e. The average Bonchev–Trinajstić information content (AvgIpc) is 2.31. The highest BCUT2D eigenvalue weighted by Gasteiger charge is 2.35. The third-order valence-electron chi connectivity index (χ3n) is 4.18. The second kappa shape index (κ2) is 5.13.